The van der Waals surface area contributed by atoms with E-state index in [0.717, 1.165) is 66.6 Å². The Balaban J connectivity index is 1.29. The molecule has 1 spiro atoms. The molecular formula is C25H26ClN3O2. The molecule has 1 aromatic heterocycles. The summed E-state index contributed by atoms with van der Waals surface area (Å²) in [5.74, 6) is 1.45. The number of ether oxygens (including phenoxy) is 1. The minimum atomic E-state index is 0.0892. The van der Waals surface area contributed by atoms with Gasteiger partial charge in [0.25, 0.3) is 0 Å². The van der Waals surface area contributed by atoms with Crippen LogP contribution in [0.2, 0.25) is 5.02 Å². The van der Waals surface area contributed by atoms with Gasteiger partial charge in [0.1, 0.15) is 12.1 Å². The molecule has 5 nitrogen and oxygen atoms in total. The first-order valence-electron chi connectivity index (χ1n) is 10.9. The minimum Gasteiger partial charge on any atom is -0.497 e. The molecule has 5 rings (SSSR count). The van der Waals surface area contributed by atoms with Crippen LogP contribution in [0.4, 0.5) is 5.69 Å². The fraction of sp³-hybridized carbons (Fsp3) is 0.400. The van der Waals surface area contributed by atoms with Crippen molar-refractivity contribution in [3.05, 3.63) is 59.5 Å². The van der Waals surface area contributed by atoms with E-state index >= 15 is 0 Å². The number of nitrogens with one attached hydrogen (secondary N) is 1. The number of carbonyl (C=O) groups excluding carboxylic acids is 1. The first-order valence-corrected chi connectivity index (χ1v) is 11.3. The van der Waals surface area contributed by atoms with Crippen LogP contribution < -0.4 is 10.1 Å². The smallest absolute Gasteiger partial charge is 0.228 e. The predicted molar refractivity (Wildman–Crippen MR) is 123 cm³/mol. The zero-order valence-electron chi connectivity index (χ0n) is 17.6. The fourth-order valence-electron chi connectivity index (χ4n) is 5.44. The molecule has 0 radical (unpaired) electrons. The number of fused-ring (bicyclic) bond motifs is 1. The molecule has 2 fully saturated rings. The number of benzene rings is 2. The summed E-state index contributed by atoms with van der Waals surface area (Å²) in [6.45, 7) is 0. The van der Waals surface area contributed by atoms with Gasteiger partial charge < -0.3 is 10.1 Å². The van der Waals surface area contributed by atoms with Crippen molar-refractivity contribution in [1.82, 2.24) is 9.97 Å². The summed E-state index contributed by atoms with van der Waals surface area (Å²) in [5, 5.41) is 4.84. The highest BCUT2D eigenvalue weighted by Crippen LogP contribution is 2.58. The van der Waals surface area contributed by atoms with Crippen molar-refractivity contribution in [3.8, 4) is 5.75 Å². The third-order valence-corrected chi connectivity index (χ3v) is 7.59. The first-order chi connectivity index (χ1) is 15.1. The summed E-state index contributed by atoms with van der Waals surface area (Å²) < 4.78 is 5.41. The van der Waals surface area contributed by atoms with Crippen LogP contribution >= 0.6 is 11.6 Å². The van der Waals surface area contributed by atoms with Gasteiger partial charge in [-0.15, -0.1) is 0 Å². The molecule has 1 N–H and O–H groups in total. The maximum absolute atomic E-state index is 13.0. The van der Waals surface area contributed by atoms with Crippen LogP contribution in [-0.2, 0) is 4.79 Å². The first kappa shape index (κ1) is 20.3. The standard InChI is InChI=1S/C25H26ClN3O2/c1-31-19-6-7-22-20(14-19)23(28-15-27-22)16-8-11-25(12-9-16)13-10-21(25)24(30)29-18-4-2-17(26)3-5-18/h2-7,14-16,21H,8-13H2,1H3,(H,29,30)/t16?,21-,25?/m1/s1. The van der Waals surface area contributed by atoms with Gasteiger partial charge in [-0.05, 0) is 86.4 Å². The summed E-state index contributed by atoms with van der Waals surface area (Å²) in [7, 11) is 1.68. The number of nitrogens with zero attached hydrogens (tertiary/aromatic N) is 2. The van der Waals surface area contributed by atoms with Crippen LogP contribution in [0.1, 0.15) is 50.1 Å². The molecule has 2 aliphatic carbocycles. The highest BCUT2D eigenvalue weighted by molar-refractivity contribution is 6.30. The van der Waals surface area contributed by atoms with Crippen molar-refractivity contribution in [1.29, 1.82) is 0 Å². The van der Waals surface area contributed by atoms with Gasteiger partial charge in [-0.3, -0.25) is 4.79 Å². The second-order valence-electron chi connectivity index (χ2n) is 8.87. The van der Waals surface area contributed by atoms with Crippen molar-refractivity contribution >= 4 is 34.1 Å². The van der Waals surface area contributed by atoms with Gasteiger partial charge in [0.05, 0.1) is 18.3 Å². The third-order valence-electron chi connectivity index (χ3n) is 7.34. The Bertz CT molecular complexity index is 1110. The number of aromatic nitrogens is 2. The lowest BCUT2D eigenvalue weighted by Crippen LogP contribution is -2.48. The molecule has 1 heterocycles. The molecule has 2 aromatic carbocycles. The van der Waals surface area contributed by atoms with Crippen molar-refractivity contribution in [2.45, 2.75) is 44.4 Å². The summed E-state index contributed by atoms with van der Waals surface area (Å²) in [5.41, 5.74) is 3.01. The highest BCUT2D eigenvalue weighted by Gasteiger charge is 2.51. The van der Waals surface area contributed by atoms with Gasteiger partial charge in [0.2, 0.25) is 5.91 Å². The molecule has 6 heteroatoms. The van der Waals surface area contributed by atoms with Gasteiger partial charge in [-0.1, -0.05) is 11.6 Å². The lowest BCUT2D eigenvalue weighted by Gasteiger charge is -2.52. The summed E-state index contributed by atoms with van der Waals surface area (Å²) in [6.07, 6.45) is 7.99. The van der Waals surface area contributed by atoms with Gasteiger partial charge in [0.15, 0.2) is 0 Å². The number of rotatable bonds is 4. The van der Waals surface area contributed by atoms with Crippen molar-refractivity contribution in [2.75, 3.05) is 12.4 Å². The van der Waals surface area contributed by atoms with E-state index in [1.807, 2.05) is 30.3 Å². The highest BCUT2D eigenvalue weighted by atomic mass is 35.5. The van der Waals surface area contributed by atoms with E-state index < -0.39 is 0 Å². The zero-order valence-corrected chi connectivity index (χ0v) is 18.4. The number of hydrogen-bond donors (Lipinski definition) is 1. The Labute approximate surface area is 187 Å². The normalized spacial score (nSPS) is 25.2. The SMILES string of the molecule is COc1ccc2ncnc(C3CCC4(CC3)CC[C@@H]4C(=O)Nc3ccc(Cl)cc3)c2c1. The van der Waals surface area contributed by atoms with E-state index in [9.17, 15) is 4.79 Å². The fourth-order valence-corrected chi connectivity index (χ4v) is 5.57. The number of amides is 1. The van der Waals surface area contributed by atoms with E-state index in [1.165, 1.54) is 0 Å². The molecule has 0 bridgehead atoms. The maximum Gasteiger partial charge on any atom is 0.228 e. The summed E-state index contributed by atoms with van der Waals surface area (Å²) >= 11 is 5.95. The second kappa shape index (κ2) is 8.12. The van der Waals surface area contributed by atoms with Gasteiger partial charge in [0, 0.05) is 27.9 Å². The molecule has 0 unspecified atom stereocenters. The lowest BCUT2D eigenvalue weighted by atomic mass is 9.52. The topological polar surface area (TPSA) is 64.1 Å². The van der Waals surface area contributed by atoms with E-state index in [4.69, 9.17) is 16.3 Å². The number of carbonyl (C=O) groups is 1. The van der Waals surface area contributed by atoms with Crippen LogP contribution in [0.25, 0.3) is 10.9 Å². The lowest BCUT2D eigenvalue weighted by molar-refractivity contribution is -0.133. The molecular weight excluding hydrogens is 410 g/mol. The van der Waals surface area contributed by atoms with Crippen molar-refractivity contribution in [2.24, 2.45) is 11.3 Å². The molecule has 31 heavy (non-hydrogen) atoms. The van der Waals surface area contributed by atoms with Crippen molar-refractivity contribution < 1.29 is 9.53 Å². The van der Waals surface area contributed by atoms with Gasteiger partial charge in [-0.2, -0.15) is 0 Å². The molecule has 0 saturated heterocycles. The molecule has 1 amide bonds. The predicted octanol–water partition coefficient (Wildman–Crippen LogP) is 5.98. The van der Waals surface area contributed by atoms with Gasteiger partial charge in [-0.25, -0.2) is 9.97 Å². The quantitative estimate of drug-likeness (QED) is 0.547. The van der Waals surface area contributed by atoms with Crippen LogP contribution in [0.3, 0.4) is 0 Å². The van der Waals surface area contributed by atoms with E-state index in [-0.39, 0.29) is 17.2 Å². The average Bonchev–Trinajstić information content (AvgIpc) is 2.79. The average molecular weight is 436 g/mol. The van der Waals surface area contributed by atoms with Gasteiger partial charge >= 0.3 is 0 Å². The van der Waals surface area contributed by atoms with Crippen LogP contribution in [-0.4, -0.2) is 23.0 Å². The largest absolute Gasteiger partial charge is 0.497 e. The number of halogens is 1. The Hall–Kier alpha value is -2.66. The zero-order chi connectivity index (χ0) is 21.4. The summed E-state index contributed by atoms with van der Waals surface area (Å²) in [6, 6.07) is 13.3. The molecule has 2 aliphatic rings. The Kier molecular flexibility index (Phi) is 5.30. The number of hydrogen-bond acceptors (Lipinski definition) is 4. The second-order valence-corrected chi connectivity index (χ2v) is 9.30. The molecule has 3 aromatic rings. The molecule has 1 atom stereocenters. The van der Waals surface area contributed by atoms with Crippen LogP contribution in [0, 0.1) is 11.3 Å². The maximum atomic E-state index is 13.0. The molecule has 160 valence electrons. The molecule has 2 saturated carbocycles. The van der Waals surface area contributed by atoms with Crippen molar-refractivity contribution in [3.63, 3.8) is 0 Å². The Morgan fingerprint density at radius 2 is 1.81 bits per heavy atom. The Morgan fingerprint density at radius 1 is 1.06 bits per heavy atom. The van der Waals surface area contributed by atoms with E-state index in [1.54, 1.807) is 25.6 Å². The monoisotopic (exact) mass is 435 g/mol. The van der Waals surface area contributed by atoms with E-state index in [2.05, 4.69) is 15.3 Å². The molecule has 0 aliphatic heterocycles. The van der Waals surface area contributed by atoms with E-state index in [0.29, 0.717) is 10.9 Å². The third kappa shape index (κ3) is 3.76. The van der Waals surface area contributed by atoms with Crippen LogP contribution in [0.15, 0.2) is 48.8 Å². The summed E-state index contributed by atoms with van der Waals surface area (Å²) in [4.78, 5) is 22.0. The number of anilines is 1. The number of methoxy groups -OCH3 is 1. The van der Waals surface area contributed by atoms with Crippen LogP contribution in [0.5, 0.6) is 5.75 Å². The minimum absolute atomic E-state index is 0.0892. The Morgan fingerprint density at radius 3 is 2.48 bits per heavy atom.